The maximum atomic E-state index is 14.3. The monoisotopic (exact) mass is 530 g/mol. The molecular formula is C34H34N4O2. The zero-order valence-electron chi connectivity index (χ0n) is 24.5. The smallest absolute Gasteiger partial charge is 0.264 e. The van der Waals surface area contributed by atoms with Crippen LogP contribution in [0, 0.1) is 0 Å². The molecule has 0 saturated heterocycles. The van der Waals surface area contributed by atoms with Gasteiger partial charge < -0.3 is 0 Å². The number of hydrogen-bond acceptors (Lipinski definition) is 4. The first-order valence-electron chi connectivity index (χ1n) is 14.3. The van der Waals surface area contributed by atoms with Crippen LogP contribution in [0.15, 0.2) is 51.0 Å². The minimum atomic E-state index is -0.387. The fourth-order valence-corrected chi connectivity index (χ4v) is 8.74. The molecule has 6 nitrogen and oxygen atoms in total. The molecular weight excluding hydrogens is 496 g/mol. The molecule has 0 bridgehead atoms. The summed E-state index contributed by atoms with van der Waals surface area (Å²) in [6.45, 7) is 17.6. The van der Waals surface area contributed by atoms with Crippen molar-refractivity contribution in [3.8, 4) is 0 Å². The standard InChI is InChI=1S/C34H34N4O2/c1-31(2)15-32(3,4)22-14-24-23(13-21(22)31)35-27-17-9-10-18-26-20(12-11-19(25(17)26)29(39)37(24)27)30(40)38-28(18)36-33(5,6)16-34(38,7)8/h9-14H,15-16H2,1-8H3. The highest BCUT2D eigenvalue weighted by atomic mass is 16.1. The Morgan fingerprint density at radius 2 is 1.27 bits per heavy atom. The summed E-state index contributed by atoms with van der Waals surface area (Å²) < 4.78 is 3.65. The highest BCUT2D eigenvalue weighted by molar-refractivity contribution is 6.25. The molecule has 1 aliphatic carbocycles. The Morgan fingerprint density at radius 3 is 1.98 bits per heavy atom. The Hall–Kier alpha value is -3.80. The van der Waals surface area contributed by atoms with Gasteiger partial charge in [0, 0.05) is 37.9 Å². The van der Waals surface area contributed by atoms with Gasteiger partial charge in [0.05, 0.1) is 16.6 Å². The lowest BCUT2D eigenvalue weighted by Gasteiger charge is -2.39. The first kappa shape index (κ1) is 24.0. The molecule has 0 fully saturated rings. The lowest BCUT2D eigenvalue weighted by Crippen LogP contribution is -2.53. The summed E-state index contributed by atoms with van der Waals surface area (Å²) in [5.41, 5.74) is 4.87. The number of nitrogens with zero attached hydrogens (tertiary/aromatic N) is 4. The van der Waals surface area contributed by atoms with Crippen LogP contribution >= 0.6 is 0 Å². The van der Waals surface area contributed by atoms with Crippen molar-refractivity contribution in [1.29, 1.82) is 0 Å². The lowest BCUT2D eigenvalue weighted by atomic mass is 9.82. The van der Waals surface area contributed by atoms with Crippen LogP contribution < -0.4 is 16.6 Å². The Bertz CT molecular complexity index is 2320. The molecule has 6 heteroatoms. The van der Waals surface area contributed by atoms with Crippen molar-refractivity contribution in [2.45, 2.75) is 90.1 Å². The summed E-state index contributed by atoms with van der Waals surface area (Å²) in [7, 11) is 0. The molecule has 0 unspecified atom stereocenters. The van der Waals surface area contributed by atoms with Gasteiger partial charge in [-0.2, -0.15) is 0 Å². The van der Waals surface area contributed by atoms with Crippen molar-refractivity contribution in [3.63, 3.8) is 0 Å². The van der Waals surface area contributed by atoms with E-state index < -0.39 is 0 Å². The Kier molecular flexibility index (Phi) is 4.05. The van der Waals surface area contributed by atoms with E-state index in [2.05, 4.69) is 79.7 Å². The van der Waals surface area contributed by atoms with E-state index >= 15 is 0 Å². The first-order valence-corrected chi connectivity index (χ1v) is 14.3. The molecule has 4 heterocycles. The van der Waals surface area contributed by atoms with E-state index in [-0.39, 0.29) is 33.0 Å². The van der Waals surface area contributed by atoms with Crippen LogP contribution in [0.2, 0.25) is 0 Å². The summed E-state index contributed by atoms with van der Waals surface area (Å²) in [4.78, 5) is 38.5. The van der Waals surface area contributed by atoms with E-state index in [0.29, 0.717) is 21.9 Å². The zero-order valence-corrected chi connectivity index (χ0v) is 24.5. The predicted molar refractivity (Wildman–Crippen MR) is 162 cm³/mol. The second-order valence-corrected chi connectivity index (χ2v) is 14.9. The van der Waals surface area contributed by atoms with Crippen molar-refractivity contribution in [2.75, 3.05) is 0 Å². The highest BCUT2D eigenvalue weighted by Crippen LogP contribution is 2.50. The normalized spacial score (nSPS) is 20.5. The summed E-state index contributed by atoms with van der Waals surface area (Å²) in [6, 6.07) is 12.2. The number of aromatic nitrogens is 3. The van der Waals surface area contributed by atoms with Crippen molar-refractivity contribution < 1.29 is 0 Å². The van der Waals surface area contributed by atoms with Gasteiger partial charge in [-0.25, -0.2) is 4.98 Å². The second kappa shape index (κ2) is 6.73. The third kappa shape index (κ3) is 2.74. The average Bonchev–Trinajstić information content (AvgIpc) is 3.29. The van der Waals surface area contributed by atoms with E-state index in [1.165, 1.54) is 11.1 Å². The van der Waals surface area contributed by atoms with E-state index in [4.69, 9.17) is 9.98 Å². The lowest BCUT2D eigenvalue weighted by molar-refractivity contribution is 0.216. The quantitative estimate of drug-likeness (QED) is 0.222. The first-order chi connectivity index (χ1) is 18.6. The van der Waals surface area contributed by atoms with Gasteiger partial charge in [0.25, 0.3) is 11.1 Å². The third-order valence-electron chi connectivity index (χ3n) is 9.74. The van der Waals surface area contributed by atoms with Gasteiger partial charge in [-0.3, -0.25) is 23.5 Å². The summed E-state index contributed by atoms with van der Waals surface area (Å²) >= 11 is 0. The average molecular weight is 531 g/mol. The minimum absolute atomic E-state index is 0.0166. The van der Waals surface area contributed by atoms with Crippen molar-refractivity contribution in [2.24, 2.45) is 4.99 Å². The molecule has 0 amide bonds. The molecule has 2 aliphatic rings. The molecule has 3 aromatic carbocycles. The van der Waals surface area contributed by atoms with Gasteiger partial charge in [0.15, 0.2) is 0 Å². The Morgan fingerprint density at radius 1 is 0.700 bits per heavy atom. The molecule has 0 radical (unpaired) electrons. The van der Waals surface area contributed by atoms with Crippen LogP contribution in [-0.4, -0.2) is 19.5 Å². The summed E-state index contributed by atoms with van der Waals surface area (Å²) in [6.07, 6.45) is 1.82. The molecule has 0 atom stereocenters. The van der Waals surface area contributed by atoms with Crippen molar-refractivity contribution in [1.82, 2.24) is 14.0 Å². The largest absolute Gasteiger partial charge is 0.287 e. The second-order valence-electron chi connectivity index (χ2n) is 14.9. The molecule has 6 aromatic rings. The Labute approximate surface area is 231 Å². The van der Waals surface area contributed by atoms with Crippen molar-refractivity contribution in [3.05, 3.63) is 73.7 Å². The van der Waals surface area contributed by atoms with Crippen molar-refractivity contribution >= 4 is 49.0 Å². The molecule has 0 spiro atoms. The number of imidazole rings is 1. The third-order valence-corrected chi connectivity index (χ3v) is 9.74. The van der Waals surface area contributed by atoms with Gasteiger partial charge in [0.2, 0.25) is 0 Å². The highest BCUT2D eigenvalue weighted by Gasteiger charge is 2.42. The molecule has 40 heavy (non-hydrogen) atoms. The minimum Gasteiger partial charge on any atom is -0.287 e. The summed E-state index contributed by atoms with van der Waals surface area (Å²) in [5, 5.41) is 4.67. The fraction of sp³-hybridized carbons (Fsp3) is 0.412. The zero-order chi connectivity index (χ0) is 28.3. The topological polar surface area (TPSA) is 68.7 Å². The number of fused-ring (bicyclic) bond motifs is 7. The maximum absolute atomic E-state index is 14.3. The molecule has 1 aliphatic heterocycles. The number of benzene rings is 3. The van der Waals surface area contributed by atoms with E-state index in [9.17, 15) is 9.59 Å². The molecule has 8 rings (SSSR count). The fourth-order valence-electron chi connectivity index (χ4n) is 8.74. The maximum Gasteiger partial charge on any atom is 0.264 e. The van der Waals surface area contributed by atoms with Gasteiger partial charge in [-0.05, 0) is 98.9 Å². The van der Waals surface area contributed by atoms with Crippen LogP contribution in [0.3, 0.4) is 0 Å². The van der Waals surface area contributed by atoms with Gasteiger partial charge >= 0.3 is 0 Å². The van der Waals surface area contributed by atoms with Crippen LogP contribution in [0.25, 0.3) is 49.0 Å². The van der Waals surface area contributed by atoms with E-state index in [1.54, 1.807) is 4.40 Å². The molecule has 3 aromatic heterocycles. The number of rotatable bonds is 0. The van der Waals surface area contributed by atoms with Gasteiger partial charge in [0.1, 0.15) is 11.1 Å². The van der Waals surface area contributed by atoms with Crippen LogP contribution in [-0.2, 0) is 16.4 Å². The predicted octanol–water partition coefficient (Wildman–Crippen LogP) is 6.12. The van der Waals surface area contributed by atoms with Gasteiger partial charge in [-0.1, -0.05) is 27.7 Å². The Balaban J connectivity index is 1.58. The molecule has 0 saturated carbocycles. The van der Waals surface area contributed by atoms with E-state index in [0.717, 1.165) is 45.4 Å². The number of pyridine rings is 2. The molecule has 202 valence electrons. The van der Waals surface area contributed by atoms with Gasteiger partial charge in [-0.15, -0.1) is 0 Å². The van der Waals surface area contributed by atoms with Crippen LogP contribution in [0.1, 0.15) is 79.4 Å². The van der Waals surface area contributed by atoms with E-state index in [1.807, 2.05) is 16.7 Å². The SMILES string of the molecule is CC1(C)CC(C)(C)n2c(=O)c3ccc4c(=O)n5c6cc7c(cc6nc5c5ccc(c2=N1)c3c45)C(C)(C)CC7(C)C. The van der Waals surface area contributed by atoms with Crippen LogP contribution in [0.5, 0.6) is 0 Å². The number of hydrogen-bond donors (Lipinski definition) is 0. The molecule has 0 N–H and O–H groups in total. The van der Waals surface area contributed by atoms with Crippen LogP contribution in [0.4, 0.5) is 0 Å². The summed E-state index contributed by atoms with van der Waals surface area (Å²) in [5.74, 6) is 0.